The molecular formula is C72H98F2N4O13. The van der Waals surface area contributed by atoms with E-state index in [-0.39, 0.29) is 102 Å². The van der Waals surface area contributed by atoms with Gasteiger partial charge in [0, 0.05) is 81.3 Å². The summed E-state index contributed by atoms with van der Waals surface area (Å²) < 4.78 is 65.5. The van der Waals surface area contributed by atoms with E-state index < -0.39 is 49.5 Å². The van der Waals surface area contributed by atoms with Gasteiger partial charge in [0.05, 0.1) is 44.1 Å². The fourth-order valence-corrected chi connectivity index (χ4v) is 17.3. The van der Waals surface area contributed by atoms with Crippen LogP contribution >= 0.6 is 0 Å². The quantitative estimate of drug-likeness (QED) is 0.0739. The van der Waals surface area contributed by atoms with E-state index in [0.717, 1.165) is 125 Å². The Labute approximate surface area is 534 Å². The van der Waals surface area contributed by atoms with E-state index in [2.05, 4.69) is 6.92 Å². The Morgan fingerprint density at radius 1 is 0.560 bits per heavy atom. The number of amides is 2. The molecule has 12 rings (SSSR count). The minimum Gasteiger partial charge on any atom is -0.460 e. The van der Waals surface area contributed by atoms with Gasteiger partial charge < -0.3 is 53.8 Å². The number of methoxy groups -OCH3 is 2. The van der Waals surface area contributed by atoms with Crippen molar-refractivity contribution in [1.29, 1.82) is 0 Å². The van der Waals surface area contributed by atoms with E-state index in [1.54, 1.807) is 32.4 Å². The molecule has 2 aromatic heterocycles. The van der Waals surface area contributed by atoms with Crippen LogP contribution in [-0.2, 0) is 55.7 Å². The maximum absolute atomic E-state index is 14.2. The van der Waals surface area contributed by atoms with Crippen LogP contribution in [0.25, 0.3) is 21.9 Å². The zero-order valence-electron chi connectivity index (χ0n) is 53.8. The average molecular weight is 1270 g/mol. The van der Waals surface area contributed by atoms with Gasteiger partial charge in [0.1, 0.15) is 30.6 Å². The zero-order chi connectivity index (χ0) is 63.9. The lowest BCUT2D eigenvalue weighted by molar-refractivity contribution is -0.143. The molecule has 5 heterocycles. The molecule has 19 heteroatoms. The first kappa shape index (κ1) is 66.8. The lowest BCUT2D eigenvalue weighted by Gasteiger charge is -2.37. The minimum absolute atomic E-state index is 0.0524. The molecule has 91 heavy (non-hydrogen) atoms. The lowest BCUT2D eigenvalue weighted by atomic mass is 9.74. The van der Waals surface area contributed by atoms with Gasteiger partial charge >= 0.3 is 11.9 Å². The fourth-order valence-electron chi connectivity index (χ4n) is 17.3. The zero-order valence-corrected chi connectivity index (χ0v) is 53.8. The van der Waals surface area contributed by atoms with Crippen molar-refractivity contribution in [3.63, 3.8) is 0 Å². The fraction of sp³-hybridized carbons (Fsp3) is 0.694. The molecular weight excluding hydrogens is 1170 g/mol. The van der Waals surface area contributed by atoms with E-state index in [9.17, 15) is 37.5 Å². The number of furan rings is 2. The number of carbonyl (C=O) groups excluding carboxylic acids is 6. The summed E-state index contributed by atoms with van der Waals surface area (Å²) in [7, 11) is 3.52. The van der Waals surface area contributed by atoms with Crippen LogP contribution in [0.4, 0.5) is 8.78 Å². The number of nitrogens with two attached hydrogens (primary N) is 2. The van der Waals surface area contributed by atoms with Gasteiger partial charge in [-0.1, -0.05) is 19.1 Å². The molecule has 4 N–H and O–H groups in total. The molecule has 5 saturated carbocycles. The van der Waals surface area contributed by atoms with Crippen LogP contribution in [0, 0.1) is 59.2 Å². The molecule has 17 nitrogen and oxygen atoms in total. The van der Waals surface area contributed by atoms with Crippen LogP contribution in [0.2, 0.25) is 0 Å². The van der Waals surface area contributed by atoms with Crippen molar-refractivity contribution in [3.05, 3.63) is 71.2 Å². The summed E-state index contributed by atoms with van der Waals surface area (Å²) in [6.07, 6.45) is 18.8. The number of hydrogen-bond acceptors (Lipinski definition) is 15. The van der Waals surface area contributed by atoms with Gasteiger partial charge in [-0.3, -0.25) is 19.2 Å². The van der Waals surface area contributed by atoms with Crippen molar-refractivity contribution in [2.24, 2.45) is 70.6 Å². The summed E-state index contributed by atoms with van der Waals surface area (Å²) in [5, 5.41) is 1.48. The maximum Gasteiger partial charge on any atom is 0.374 e. The third-order valence-electron chi connectivity index (χ3n) is 22.6. The van der Waals surface area contributed by atoms with Crippen molar-refractivity contribution >= 4 is 57.3 Å². The van der Waals surface area contributed by atoms with Crippen LogP contribution in [0.15, 0.2) is 57.4 Å². The number of ether oxygens (including phenoxy) is 5. The highest BCUT2D eigenvalue weighted by atomic mass is 19.1. The third kappa shape index (κ3) is 15.8. The number of hydrogen-bond donors (Lipinski definition) is 2. The molecule has 7 atom stereocenters. The Morgan fingerprint density at radius 2 is 1.01 bits per heavy atom. The summed E-state index contributed by atoms with van der Waals surface area (Å²) in [5.41, 5.74) is 14.7. The first-order valence-electron chi connectivity index (χ1n) is 34.4. The number of esters is 2. The van der Waals surface area contributed by atoms with E-state index in [4.69, 9.17) is 44.0 Å². The molecule has 2 amide bonds. The van der Waals surface area contributed by atoms with E-state index >= 15 is 0 Å². The lowest BCUT2D eigenvalue weighted by Crippen LogP contribution is -2.48. The van der Waals surface area contributed by atoms with Crippen molar-refractivity contribution < 1.29 is 70.1 Å². The Kier molecular flexibility index (Phi) is 22.5. The Morgan fingerprint density at radius 3 is 1.42 bits per heavy atom. The summed E-state index contributed by atoms with van der Waals surface area (Å²) in [6.45, 7) is 3.70. The highest BCUT2D eigenvalue weighted by molar-refractivity contribution is 5.96. The number of fused-ring (bicyclic) bond motifs is 2. The number of likely N-dealkylation sites (tertiary alicyclic amines) is 2. The second kappa shape index (κ2) is 30.6. The van der Waals surface area contributed by atoms with Crippen LogP contribution in [0.1, 0.15) is 174 Å². The van der Waals surface area contributed by atoms with Gasteiger partial charge in [0.25, 0.3) is 0 Å². The summed E-state index contributed by atoms with van der Waals surface area (Å²) in [5.74, 6) is 1.62. The summed E-state index contributed by atoms with van der Waals surface area (Å²) >= 11 is 0. The van der Waals surface area contributed by atoms with Crippen LogP contribution < -0.4 is 11.5 Å². The number of nitrogens with zero attached hydrogens (tertiary/aromatic N) is 2. The number of Topliss-reactive ketones (excluding diaryl/α,β-unsaturated/α-hetero) is 2. The topological polar surface area (TPSA) is 233 Å². The van der Waals surface area contributed by atoms with Crippen LogP contribution in [0.3, 0.4) is 0 Å². The molecule has 4 aromatic rings. The molecule has 3 saturated heterocycles. The SMILES string of the molecule is COC1CCC([C@@H]2CCN(C(=O)C3CCC([C@H](N)CF)CC3)[C@@H]2C(=O)Cc2ccc3oc(C(=O)OC4CCOC4)cc3c2)CC1.COC1CCC([C@@H]2CCN(C(=O)C3CCC([C@H](N)CF)CC3)[C@@H]2C(=O)Cc2ccc3oc(C(=O)OCC4CC(C)C4)cc3c2)CC1. The largest absolute Gasteiger partial charge is 0.460 e. The van der Waals surface area contributed by atoms with Crippen molar-refractivity contribution in [3.8, 4) is 0 Å². The summed E-state index contributed by atoms with van der Waals surface area (Å²) in [6, 6.07) is 12.6. The van der Waals surface area contributed by atoms with E-state index in [0.29, 0.717) is 99.9 Å². The van der Waals surface area contributed by atoms with E-state index in [1.807, 2.05) is 40.1 Å². The first-order valence-corrected chi connectivity index (χ1v) is 34.4. The van der Waals surface area contributed by atoms with Crippen molar-refractivity contribution in [1.82, 2.24) is 9.80 Å². The molecule has 0 spiro atoms. The predicted octanol–water partition coefficient (Wildman–Crippen LogP) is 11.3. The second-order valence-corrected chi connectivity index (χ2v) is 28.4. The highest BCUT2D eigenvalue weighted by Crippen LogP contribution is 2.45. The van der Waals surface area contributed by atoms with Crippen molar-refractivity contribution in [2.75, 3.05) is 60.5 Å². The van der Waals surface area contributed by atoms with Gasteiger partial charge in [-0.2, -0.15) is 0 Å². The molecule has 1 unspecified atom stereocenters. The summed E-state index contributed by atoms with van der Waals surface area (Å²) in [4.78, 5) is 85.5. The highest BCUT2D eigenvalue weighted by Gasteiger charge is 2.49. The molecule has 0 bridgehead atoms. The monoisotopic (exact) mass is 1260 g/mol. The maximum atomic E-state index is 14.2. The average Bonchev–Trinajstić information content (AvgIpc) is 2.03. The molecule has 8 fully saturated rings. The van der Waals surface area contributed by atoms with Gasteiger partial charge in [-0.05, 0) is 223 Å². The smallest absolute Gasteiger partial charge is 0.374 e. The Balaban J connectivity index is 0.000000187. The van der Waals surface area contributed by atoms with Gasteiger partial charge in [-0.25, -0.2) is 18.4 Å². The number of halogens is 2. The number of carbonyl (C=O) groups is 6. The molecule has 8 aliphatic rings. The normalized spacial score (nSPS) is 31.7. The van der Waals surface area contributed by atoms with Gasteiger partial charge in [0.2, 0.25) is 23.3 Å². The molecule has 2 aromatic carbocycles. The number of benzene rings is 2. The number of ketones is 2. The molecule has 0 radical (unpaired) electrons. The van der Waals surface area contributed by atoms with Crippen LogP contribution in [0.5, 0.6) is 0 Å². The first-order chi connectivity index (χ1) is 44.1. The molecule has 498 valence electrons. The Bertz CT molecular complexity index is 3120. The second-order valence-electron chi connectivity index (χ2n) is 28.4. The van der Waals surface area contributed by atoms with E-state index in [1.165, 1.54) is 0 Å². The standard InChI is InChI=1S/C37H51FN2O6.C35H47FN2O7/c1-22-15-24(16-22)21-45-37(43)34-19-28-17-23(3-12-33(28)46-34)18-32(41)35-30(25-8-10-29(44-2)11-9-25)13-14-40(35)36(42)27-6-4-26(5-7-27)31(39)20-38;1-42-26-9-7-22(8-10-26)28-12-14-38(34(40)24-5-3-23(4-6-24)29(37)19-36)33(28)30(39)17-21-2-11-31-25(16-21)18-32(45-31)35(41)44-27-13-15-43-20-27/h3,12,17,19,22,24-27,29-31,35H,4-11,13-16,18,20-21,39H2,1-2H3;2,11,16,18,22-24,26-29,33H,3-10,12-15,17,19-20,37H2,1H3/t22?,24?,25?,26?,27?,29?,30-,31+,35-;22?,23?,24?,26?,27?,28-,29+,33-/m00/s1. The third-order valence-corrected chi connectivity index (χ3v) is 22.6. The molecule has 3 aliphatic heterocycles. The van der Waals surface area contributed by atoms with Crippen LogP contribution in [-0.4, -0.2) is 148 Å². The molecule has 5 aliphatic carbocycles. The van der Waals surface area contributed by atoms with Gasteiger partial charge in [-0.15, -0.1) is 0 Å². The number of rotatable bonds is 21. The number of alkyl halides is 2. The van der Waals surface area contributed by atoms with Gasteiger partial charge in [0.15, 0.2) is 11.6 Å². The Hall–Kier alpha value is -5.60. The predicted molar refractivity (Wildman–Crippen MR) is 338 cm³/mol. The van der Waals surface area contributed by atoms with Crippen molar-refractivity contribution in [2.45, 2.75) is 197 Å². The minimum atomic E-state index is -0.537.